The summed E-state index contributed by atoms with van der Waals surface area (Å²) in [5.74, 6) is 0.628. The van der Waals surface area contributed by atoms with E-state index in [9.17, 15) is 4.57 Å². The summed E-state index contributed by atoms with van der Waals surface area (Å²) in [6.07, 6.45) is -0.0968. The molecule has 122 valence electrons. The van der Waals surface area contributed by atoms with E-state index in [1.54, 1.807) is 13.8 Å². The number of H-pyrrole nitrogens is 1. The summed E-state index contributed by atoms with van der Waals surface area (Å²) in [5, 5.41) is 2.30. The van der Waals surface area contributed by atoms with E-state index in [0.29, 0.717) is 19.0 Å². The Bertz CT molecular complexity index is 848. The molecule has 0 aliphatic rings. The van der Waals surface area contributed by atoms with Crippen molar-refractivity contribution in [3.63, 3.8) is 0 Å². The lowest BCUT2D eigenvalue weighted by Gasteiger charge is -2.17. The smallest absolute Gasteiger partial charge is 0.367 e. The third-order valence-corrected chi connectivity index (χ3v) is 5.27. The number of rotatable bonds is 7. The average molecular weight is 333 g/mol. The molecule has 0 radical (unpaired) electrons. The number of fused-ring (bicyclic) bond motifs is 3. The van der Waals surface area contributed by atoms with E-state index >= 15 is 0 Å². The number of aromatic amines is 1. The van der Waals surface area contributed by atoms with Crippen LogP contribution in [-0.4, -0.2) is 24.5 Å². The van der Waals surface area contributed by atoms with Crippen molar-refractivity contribution in [3.05, 3.63) is 42.5 Å². The molecule has 0 fully saturated rings. The van der Waals surface area contributed by atoms with Crippen LogP contribution < -0.4 is 4.74 Å². The molecule has 0 unspecified atom stereocenters. The molecule has 1 heterocycles. The second-order valence-corrected chi connectivity index (χ2v) is 7.09. The number of hydrogen-bond donors (Lipinski definition) is 1. The minimum atomic E-state index is -3.21. The first kappa shape index (κ1) is 16.1. The van der Waals surface area contributed by atoms with Crippen molar-refractivity contribution in [2.24, 2.45) is 0 Å². The molecule has 23 heavy (non-hydrogen) atoms. The molecular formula is C17H20NO4P. The standard InChI is InChI=1S/C17H20NO4P/c1-3-21-23(19,22-4-2)12-20-13-9-10-15-14-7-5-6-8-16(14)18-17(15)11-13/h5-11,18H,3-4,12H2,1-2H3. The lowest BCUT2D eigenvalue weighted by Crippen LogP contribution is -2.05. The van der Waals surface area contributed by atoms with Gasteiger partial charge in [-0.15, -0.1) is 0 Å². The van der Waals surface area contributed by atoms with Crippen molar-refractivity contribution in [2.75, 3.05) is 19.6 Å². The van der Waals surface area contributed by atoms with E-state index in [1.165, 1.54) is 5.39 Å². The summed E-state index contributed by atoms with van der Waals surface area (Å²) in [6.45, 7) is 4.20. The zero-order chi connectivity index (χ0) is 16.3. The van der Waals surface area contributed by atoms with Gasteiger partial charge in [0.25, 0.3) is 0 Å². The summed E-state index contributed by atoms with van der Waals surface area (Å²) in [7, 11) is -3.21. The molecule has 0 atom stereocenters. The molecule has 5 nitrogen and oxygen atoms in total. The van der Waals surface area contributed by atoms with Crippen LogP contribution in [0.1, 0.15) is 13.8 Å². The highest BCUT2D eigenvalue weighted by Gasteiger charge is 2.24. The first-order chi connectivity index (χ1) is 11.1. The van der Waals surface area contributed by atoms with Crippen LogP contribution in [0.4, 0.5) is 0 Å². The van der Waals surface area contributed by atoms with Gasteiger partial charge in [-0.05, 0) is 32.0 Å². The molecule has 3 aromatic rings. The van der Waals surface area contributed by atoms with E-state index < -0.39 is 7.60 Å². The van der Waals surface area contributed by atoms with Gasteiger partial charge < -0.3 is 18.8 Å². The van der Waals surface area contributed by atoms with Gasteiger partial charge in [-0.25, -0.2) is 0 Å². The number of hydrogen-bond acceptors (Lipinski definition) is 4. The first-order valence-electron chi connectivity index (χ1n) is 7.66. The second-order valence-electron chi connectivity index (χ2n) is 5.10. The SMILES string of the molecule is CCOP(=O)(COc1ccc2c(c1)[nH]c1ccccc12)OCC. The summed E-state index contributed by atoms with van der Waals surface area (Å²) in [4.78, 5) is 3.35. The highest BCUT2D eigenvalue weighted by molar-refractivity contribution is 7.53. The molecule has 6 heteroatoms. The number of ether oxygens (including phenoxy) is 1. The van der Waals surface area contributed by atoms with Crippen molar-refractivity contribution >= 4 is 29.4 Å². The second kappa shape index (κ2) is 6.75. The third kappa shape index (κ3) is 3.42. The van der Waals surface area contributed by atoms with Crippen molar-refractivity contribution < 1.29 is 18.3 Å². The summed E-state index contributed by atoms with van der Waals surface area (Å²) in [6, 6.07) is 13.9. The molecule has 0 saturated heterocycles. The highest BCUT2D eigenvalue weighted by Crippen LogP contribution is 2.48. The lowest BCUT2D eigenvalue weighted by molar-refractivity contribution is 0.197. The van der Waals surface area contributed by atoms with Crippen LogP contribution >= 0.6 is 7.60 Å². The minimum Gasteiger partial charge on any atom is -0.481 e. The Hall–Kier alpha value is -1.81. The van der Waals surface area contributed by atoms with Crippen LogP contribution in [0.15, 0.2) is 42.5 Å². The lowest BCUT2D eigenvalue weighted by atomic mass is 10.1. The van der Waals surface area contributed by atoms with Crippen LogP contribution in [0.25, 0.3) is 21.8 Å². The normalized spacial score (nSPS) is 12.1. The van der Waals surface area contributed by atoms with Gasteiger partial charge >= 0.3 is 7.60 Å². The maximum atomic E-state index is 12.4. The molecule has 0 aliphatic heterocycles. The van der Waals surface area contributed by atoms with Gasteiger partial charge in [0, 0.05) is 22.4 Å². The predicted molar refractivity (Wildman–Crippen MR) is 92.2 cm³/mol. The Morgan fingerprint density at radius 1 is 0.957 bits per heavy atom. The van der Waals surface area contributed by atoms with E-state index in [-0.39, 0.29) is 6.35 Å². The van der Waals surface area contributed by atoms with Crippen molar-refractivity contribution in [2.45, 2.75) is 13.8 Å². The zero-order valence-electron chi connectivity index (χ0n) is 13.2. The topological polar surface area (TPSA) is 60.5 Å². The molecular weight excluding hydrogens is 313 g/mol. The maximum Gasteiger partial charge on any atom is 0.367 e. The molecule has 0 aliphatic carbocycles. The third-order valence-electron chi connectivity index (χ3n) is 3.52. The van der Waals surface area contributed by atoms with Crippen LogP contribution in [-0.2, 0) is 13.6 Å². The number of benzene rings is 2. The van der Waals surface area contributed by atoms with Crippen LogP contribution in [0.5, 0.6) is 5.75 Å². The fraction of sp³-hybridized carbons (Fsp3) is 0.294. The Kier molecular flexibility index (Phi) is 4.71. The molecule has 2 aromatic carbocycles. The van der Waals surface area contributed by atoms with E-state index in [0.717, 1.165) is 16.4 Å². The van der Waals surface area contributed by atoms with Crippen molar-refractivity contribution in [3.8, 4) is 5.75 Å². The number of nitrogens with one attached hydrogen (secondary N) is 1. The Balaban J connectivity index is 1.83. The summed E-state index contributed by atoms with van der Waals surface area (Å²) < 4.78 is 28.5. The molecule has 0 amide bonds. The van der Waals surface area contributed by atoms with Gasteiger partial charge in [-0.1, -0.05) is 18.2 Å². The summed E-state index contributed by atoms with van der Waals surface area (Å²) in [5.41, 5.74) is 2.06. The fourth-order valence-electron chi connectivity index (χ4n) is 2.58. The summed E-state index contributed by atoms with van der Waals surface area (Å²) >= 11 is 0. The molecule has 1 N–H and O–H groups in total. The number of aromatic nitrogens is 1. The van der Waals surface area contributed by atoms with E-state index in [2.05, 4.69) is 11.1 Å². The zero-order valence-corrected chi connectivity index (χ0v) is 14.1. The average Bonchev–Trinajstić information content (AvgIpc) is 2.91. The molecule has 0 spiro atoms. The van der Waals surface area contributed by atoms with Gasteiger partial charge in [0.1, 0.15) is 5.75 Å². The van der Waals surface area contributed by atoms with E-state index in [4.69, 9.17) is 13.8 Å². The molecule has 3 rings (SSSR count). The maximum absolute atomic E-state index is 12.4. The van der Waals surface area contributed by atoms with Crippen LogP contribution in [0, 0.1) is 0 Å². The van der Waals surface area contributed by atoms with E-state index in [1.807, 2.05) is 36.4 Å². The Morgan fingerprint density at radius 2 is 1.65 bits per heavy atom. The minimum absolute atomic E-state index is 0.0968. The van der Waals surface area contributed by atoms with Crippen molar-refractivity contribution in [1.29, 1.82) is 0 Å². The number of para-hydroxylation sites is 1. The predicted octanol–water partition coefficient (Wildman–Crippen LogP) is 4.92. The first-order valence-corrected chi connectivity index (χ1v) is 9.39. The van der Waals surface area contributed by atoms with Crippen LogP contribution in [0.3, 0.4) is 0 Å². The van der Waals surface area contributed by atoms with Gasteiger partial charge in [0.15, 0.2) is 6.35 Å². The van der Waals surface area contributed by atoms with Crippen molar-refractivity contribution in [1.82, 2.24) is 4.98 Å². The molecule has 0 saturated carbocycles. The monoisotopic (exact) mass is 333 g/mol. The van der Waals surface area contributed by atoms with Gasteiger partial charge in [0.05, 0.1) is 18.7 Å². The fourth-order valence-corrected chi connectivity index (χ4v) is 3.90. The van der Waals surface area contributed by atoms with Crippen LogP contribution in [0.2, 0.25) is 0 Å². The Morgan fingerprint density at radius 3 is 2.39 bits per heavy atom. The van der Waals surface area contributed by atoms with Gasteiger partial charge in [0.2, 0.25) is 0 Å². The Labute approximate surface area is 135 Å². The molecule has 0 bridgehead atoms. The molecule has 1 aromatic heterocycles. The highest BCUT2D eigenvalue weighted by atomic mass is 31.2. The largest absolute Gasteiger partial charge is 0.481 e. The quantitative estimate of drug-likeness (QED) is 0.623. The van der Waals surface area contributed by atoms with Gasteiger partial charge in [-0.3, -0.25) is 4.57 Å². The van der Waals surface area contributed by atoms with Gasteiger partial charge in [-0.2, -0.15) is 0 Å².